The molecule has 3 rings (SSSR count). The fourth-order valence-corrected chi connectivity index (χ4v) is 2.64. The van der Waals surface area contributed by atoms with Gasteiger partial charge in [0, 0.05) is 6.54 Å². The zero-order valence-electron chi connectivity index (χ0n) is 14.0. The van der Waals surface area contributed by atoms with Crippen molar-refractivity contribution in [3.8, 4) is 11.5 Å². The van der Waals surface area contributed by atoms with Crippen LogP contribution in [0.1, 0.15) is 29.7 Å². The van der Waals surface area contributed by atoms with Gasteiger partial charge in [0.15, 0.2) is 11.5 Å². The molecule has 0 bridgehead atoms. The summed E-state index contributed by atoms with van der Waals surface area (Å²) in [6.45, 7) is 5.61. The summed E-state index contributed by atoms with van der Waals surface area (Å²) in [6, 6.07) is 13.4. The Kier molecular flexibility index (Phi) is 4.89. The Labute approximate surface area is 142 Å². The molecule has 0 aromatic heterocycles. The van der Waals surface area contributed by atoms with Crippen LogP contribution in [0.25, 0.3) is 0 Å². The minimum Gasteiger partial charge on any atom is -0.486 e. The Hall–Kier alpha value is -2.69. The van der Waals surface area contributed by atoms with Crippen molar-refractivity contribution in [2.45, 2.75) is 26.4 Å². The molecule has 5 heteroatoms. The van der Waals surface area contributed by atoms with Gasteiger partial charge in [-0.05, 0) is 42.7 Å². The molecule has 0 spiro atoms. The van der Waals surface area contributed by atoms with Crippen molar-refractivity contribution in [2.75, 3.05) is 13.2 Å². The highest BCUT2D eigenvalue weighted by molar-refractivity contribution is 5.74. The molecule has 126 valence electrons. The Balaban J connectivity index is 1.57. The van der Waals surface area contributed by atoms with Crippen LogP contribution >= 0.6 is 0 Å². The van der Waals surface area contributed by atoms with Gasteiger partial charge in [-0.15, -0.1) is 0 Å². The molecule has 1 aliphatic rings. The van der Waals surface area contributed by atoms with Crippen molar-refractivity contribution in [3.05, 3.63) is 59.2 Å². The van der Waals surface area contributed by atoms with Gasteiger partial charge in [0.2, 0.25) is 0 Å². The van der Waals surface area contributed by atoms with Crippen LogP contribution in [-0.4, -0.2) is 19.2 Å². The highest BCUT2D eigenvalue weighted by Crippen LogP contribution is 2.32. The van der Waals surface area contributed by atoms with Crippen LogP contribution in [0.15, 0.2) is 42.5 Å². The number of urea groups is 1. The van der Waals surface area contributed by atoms with Gasteiger partial charge in [-0.3, -0.25) is 0 Å². The zero-order chi connectivity index (χ0) is 16.9. The summed E-state index contributed by atoms with van der Waals surface area (Å²) in [7, 11) is 0. The van der Waals surface area contributed by atoms with Crippen molar-refractivity contribution in [3.63, 3.8) is 0 Å². The largest absolute Gasteiger partial charge is 0.486 e. The van der Waals surface area contributed by atoms with Crippen molar-refractivity contribution >= 4 is 6.03 Å². The van der Waals surface area contributed by atoms with E-state index < -0.39 is 0 Å². The highest BCUT2D eigenvalue weighted by atomic mass is 16.6. The molecule has 1 heterocycles. The maximum absolute atomic E-state index is 12.1. The number of carbonyl (C=O) groups is 1. The monoisotopic (exact) mass is 326 g/mol. The predicted molar refractivity (Wildman–Crippen MR) is 92.4 cm³/mol. The number of hydrogen-bond acceptors (Lipinski definition) is 3. The summed E-state index contributed by atoms with van der Waals surface area (Å²) >= 11 is 0. The standard InChI is InChI=1S/C19H22N2O3/c1-13-5-3-4-6-16(13)12-20-19(22)21-14(2)15-7-8-17-18(11-15)24-10-9-23-17/h3-8,11,14H,9-10,12H2,1-2H3,(H2,20,21,22). The zero-order valence-corrected chi connectivity index (χ0v) is 14.0. The number of fused-ring (bicyclic) bond motifs is 1. The van der Waals surface area contributed by atoms with Crippen LogP contribution in [-0.2, 0) is 6.54 Å². The molecule has 1 atom stereocenters. The molecule has 0 saturated heterocycles. The second-order valence-corrected chi connectivity index (χ2v) is 5.88. The van der Waals surface area contributed by atoms with E-state index in [-0.39, 0.29) is 12.1 Å². The van der Waals surface area contributed by atoms with Crippen molar-refractivity contribution in [2.24, 2.45) is 0 Å². The Morgan fingerprint density at radius 3 is 2.67 bits per heavy atom. The number of nitrogens with one attached hydrogen (secondary N) is 2. The number of rotatable bonds is 4. The summed E-state index contributed by atoms with van der Waals surface area (Å²) in [5.74, 6) is 1.48. The van der Waals surface area contributed by atoms with Crippen molar-refractivity contribution in [1.29, 1.82) is 0 Å². The van der Waals surface area contributed by atoms with Crippen molar-refractivity contribution in [1.82, 2.24) is 10.6 Å². The first kappa shape index (κ1) is 16.2. The molecule has 5 nitrogen and oxygen atoms in total. The molecule has 1 unspecified atom stereocenters. The van der Waals surface area contributed by atoms with Crippen LogP contribution in [0.5, 0.6) is 11.5 Å². The number of amides is 2. The number of hydrogen-bond donors (Lipinski definition) is 2. The van der Waals surface area contributed by atoms with E-state index >= 15 is 0 Å². The molecule has 2 aromatic carbocycles. The number of benzene rings is 2. The molecule has 1 aliphatic heterocycles. The SMILES string of the molecule is Cc1ccccc1CNC(=O)NC(C)c1ccc2c(c1)OCCO2. The van der Waals surface area contributed by atoms with Crippen LogP contribution in [0, 0.1) is 6.92 Å². The molecular formula is C19H22N2O3. The lowest BCUT2D eigenvalue weighted by Crippen LogP contribution is -2.36. The quantitative estimate of drug-likeness (QED) is 0.906. The van der Waals surface area contributed by atoms with E-state index in [0.29, 0.717) is 19.8 Å². The first-order valence-electron chi connectivity index (χ1n) is 8.12. The van der Waals surface area contributed by atoms with Crippen LogP contribution in [0.2, 0.25) is 0 Å². The third kappa shape index (κ3) is 3.79. The molecule has 24 heavy (non-hydrogen) atoms. The summed E-state index contributed by atoms with van der Waals surface area (Å²) in [5.41, 5.74) is 3.25. The summed E-state index contributed by atoms with van der Waals surface area (Å²) in [5, 5.41) is 5.84. The van der Waals surface area contributed by atoms with Gasteiger partial charge >= 0.3 is 6.03 Å². The minimum atomic E-state index is -0.194. The van der Waals surface area contributed by atoms with E-state index in [2.05, 4.69) is 10.6 Å². The normalized spacial score (nSPS) is 13.9. The lowest BCUT2D eigenvalue weighted by molar-refractivity contribution is 0.171. The average Bonchev–Trinajstić information content (AvgIpc) is 2.60. The van der Waals surface area contributed by atoms with E-state index in [0.717, 1.165) is 28.2 Å². The van der Waals surface area contributed by atoms with Crippen LogP contribution < -0.4 is 20.1 Å². The Morgan fingerprint density at radius 1 is 1.12 bits per heavy atom. The first-order chi connectivity index (χ1) is 11.6. The predicted octanol–water partition coefficient (Wildman–Crippen LogP) is 3.33. The van der Waals surface area contributed by atoms with Crippen LogP contribution in [0.4, 0.5) is 4.79 Å². The molecule has 0 fully saturated rings. The number of aryl methyl sites for hydroxylation is 1. The molecular weight excluding hydrogens is 304 g/mol. The smallest absolute Gasteiger partial charge is 0.315 e. The lowest BCUT2D eigenvalue weighted by Gasteiger charge is -2.21. The Morgan fingerprint density at radius 2 is 1.88 bits per heavy atom. The molecule has 2 amide bonds. The maximum atomic E-state index is 12.1. The van der Waals surface area contributed by atoms with Crippen LogP contribution in [0.3, 0.4) is 0 Å². The van der Waals surface area contributed by atoms with E-state index in [1.54, 1.807) is 0 Å². The first-order valence-corrected chi connectivity index (χ1v) is 8.12. The third-order valence-electron chi connectivity index (χ3n) is 4.11. The molecule has 2 N–H and O–H groups in total. The van der Waals surface area contributed by atoms with Gasteiger partial charge in [-0.1, -0.05) is 30.3 Å². The summed E-state index contributed by atoms with van der Waals surface area (Å²) in [6.07, 6.45) is 0. The Bertz CT molecular complexity index is 730. The van der Waals surface area contributed by atoms with E-state index in [4.69, 9.17) is 9.47 Å². The fraction of sp³-hybridized carbons (Fsp3) is 0.316. The average molecular weight is 326 g/mol. The maximum Gasteiger partial charge on any atom is 0.315 e. The summed E-state index contributed by atoms with van der Waals surface area (Å²) < 4.78 is 11.1. The molecule has 0 saturated carbocycles. The van der Waals surface area contributed by atoms with E-state index in [1.165, 1.54) is 0 Å². The topological polar surface area (TPSA) is 59.6 Å². The van der Waals surface area contributed by atoms with Gasteiger partial charge in [0.25, 0.3) is 0 Å². The van der Waals surface area contributed by atoms with Gasteiger partial charge < -0.3 is 20.1 Å². The van der Waals surface area contributed by atoms with Gasteiger partial charge in [0.05, 0.1) is 6.04 Å². The van der Waals surface area contributed by atoms with Gasteiger partial charge in [-0.2, -0.15) is 0 Å². The molecule has 2 aromatic rings. The second kappa shape index (κ2) is 7.25. The van der Waals surface area contributed by atoms with E-state index in [1.807, 2.05) is 56.3 Å². The van der Waals surface area contributed by atoms with Crippen molar-refractivity contribution < 1.29 is 14.3 Å². The number of ether oxygens (including phenoxy) is 2. The second-order valence-electron chi connectivity index (χ2n) is 5.88. The fourth-order valence-electron chi connectivity index (χ4n) is 2.64. The van der Waals surface area contributed by atoms with Gasteiger partial charge in [0.1, 0.15) is 13.2 Å². The third-order valence-corrected chi connectivity index (χ3v) is 4.11. The lowest BCUT2D eigenvalue weighted by atomic mass is 10.1. The van der Waals surface area contributed by atoms with Gasteiger partial charge in [-0.25, -0.2) is 4.79 Å². The minimum absolute atomic E-state index is 0.127. The number of carbonyl (C=O) groups excluding carboxylic acids is 1. The van der Waals surface area contributed by atoms with E-state index in [9.17, 15) is 4.79 Å². The molecule has 0 aliphatic carbocycles. The highest BCUT2D eigenvalue weighted by Gasteiger charge is 2.15. The molecule has 0 radical (unpaired) electrons. The summed E-state index contributed by atoms with van der Waals surface area (Å²) in [4.78, 5) is 12.1.